The van der Waals surface area contributed by atoms with Gasteiger partial charge in [-0.25, -0.2) is 14.4 Å². The molecule has 0 fully saturated rings. The number of nitriles is 1. The number of halogens is 2. The van der Waals surface area contributed by atoms with Crippen molar-refractivity contribution in [1.82, 2.24) is 9.97 Å². The van der Waals surface area contributed by atoms with Crippen LogP contribution in [0.25, 0.3) is 11.4 Å². The maximum atomic E-state index is 13.6. The van der Waals surface area contributed by atoms with Gasteiger partial charge in [-0.2, -0.15) is 5.26 Å². The number of nitrogens with zero attached hydrogens (tertiary/aromatic N) is 3. The highest BCUT2D eigenvalue weighted by Gasteiger charge is 2.10. The second-order valence-corrected chi connectivity index (χ2v) is 3.67. The van der Waals surface area contributed by atoms with Crippen molar-refractivity contribution in [2.24, 2.45) is 0 Å². The summed E-state index contributed by atoms with van der Waals surface area (Å²) < 4.78 is 13.6. The first-order valence-electron chi connectivity index (χ1n) is 4.60. The van der Waals surface area contributed by atoms with Crippen LogP contribution in [0, 0.1) is 17.1 Å². The van der Waals surface area contributed by atoms with Gasteiger partial charge in [0.1, 0.15) is 23.4 Å². The second-order valence-electron chi connectivity index (χ2n) is 3.24. The molecular weight excluding hydrogens is 243 g/mol. The van der Waals surface area contributed by atoms with Crippen molar-refractivity contribution in [1.29, 1.82) is 5.26 Å². The van der Waals surface area contributed by atoms with Crippen molar-refractivity contribution in [3.8, 4) is 17.5 Å². The molecule has 84 valence electrons. The van der Waals surface area contributed by atoms with E-state index >= 15 is 0 Å². The molecule has 2 aromatic rings. The Labute approximate surface area is 101 Å². The Morgan fingerprint density at radius 2 is 2.06 bits per heavy atom. The predicted molar refractivity (Wildman–Crippen MR) is 61.6 cm³/mol. The van der Waals surface area contributed by atoms with Crippen LogP contribution in [0.5, 0.6) is 0 Å². The molecule has 0 aliphatic heterocycles. The van der Waals surface area contributed by atoms with Crippen molar-refractivity contribution < 1.29 is 4.39 Å². The fourth-order valence-electron chi connectivity index (χ4n) is 1.31. The van der Waals surface area contributed by atoms with Gasteiger partial charge in [0.05, 0.1) is 5.56 Å². The molecule has 0 aliphatic rings. The van der Waals surface area contributed by atoms with Gasteiger partial charge >= 0.3 is 0 Å². The third kappa shape index (κ3) is 2.32. The molecule has 0 amide bonds. The van der Waals surface area contributed by atoms with E-state index in [1.165, 1.54) is 24.3 Å². The molecule has 1 aromatic heterocycles. The van der Waals surface area contributed by atoms with E-state index in [4.69, 9.17) is 22.6 Å². The summed E-state index contributed by atoms with van der Waals surface area (Å²) in [5, 5.41) is 9.09. The lowest BCUT2D eigenvalue weighted by molar-refractivity contribution is 0.630. The van der Waals surface area contributed by atoms with Gasteiger partial charge in [-0.1, -0.05) is 11.6 Å². The highest BCUT2D eigenvalue weighted by Crippen LogP contribution is 2.24. The lowest BCUT2D eigenvalue weighted by atomic mass is 10.2. The minimum absolute atomic E-state index is 0.0431. The van der Waals surface area contributed by atoms with Gasteiger partial charge < -0.3 is 5.73 Å². The zero-order valence-corrected chi connectivity index (χ0v) is 9.24. The number of anilines is 1. The zero-order chi connectivity index (χ0) is 12.4. The van der Waals surface area contributed by atoms with Crippen LogP contribution >= 0.6 is 11.6 Å². The van der Waals surface area contributed by atoms with Crippen molar-refractivity contribution in [2.75, 3.05) is 5.73 Å². The molecule has 17 heavy (non-hydrogen) atoms. The molecule has 0 saturated heterocycles. The summed E-state index contributed by atoms with van der Waals surface area (Å²) in [4.78, 5) is 7.74. The minimum Gasteiger partial charge on any atom is -0.384 e. The Morgan fingerprint density at radius 1 is 1.29 bits per heavy atom. The van der Waals surface area contributed by atoms with Crippen LogP contribution in [-0.4, -0.2) is 9.97 Å². The van der Waals surface area contributed by atoms with Crippen molar-refractivity contribution in [2.45, 2.75) is 0 Å². The van der Waals surface area contributed by atoms with Crippen molar-refractivity contribution >= 4 is 17.4 Å². The molecule has 0 atom stereocenters. The third-order valence-electron chi connectivity index (χ3n) is 2.03. The molecule has 2 rings (SSSR count). The smallest absolute Gasteiger partial charge is 0.165 e. The van der Waals surface area contributed by atoms with Crippen LogP contribution in [0.3, 0.4) is 0 Å². The maximum Gasteiger partial charge on any atom is 0.165 e. The average molecular weight is 249 g/mol. The number of nitrogens with two attached hydrogens (primary N) is 1. The Morgan fingerprint density at radius 3 is 2.76 bits per heavy atom. The summed E-state index contributed by atoms with van der Waals surface area (Å²) in [6.45, 7) is 0. The molecule has 0 saturated carbocycles. The third-order valence-corrected chi connectivity index (χ3v) is 2.26. The highest BCUT2D eigenvalue weighted by atomic mass is 35.5. The number of aromatic nitrogens is 2. The van der Waals surface area contributed by atoms with Gasteiger partial charge in [-0.15, -0.1) is 0 Å². The van der Waals surface area contributed by atoms with Gasteiger partial charge in [-0.05, 0) is 18.2 Å². The van der Waals surface area contributed by atoms with E-state index in [9.17, 15) is 4.39 Å². The van der Waals surface area contributed by atoms with Crippen LogP contribution in [0.4, 0.5) is 10.2 Å². The summed E-state index contributed by atoms with van der Waals surface area (Å²) in [6.07, 6.45) is 0. The first-order chi connectivity index (χ1) is 8.10. The molecule has 2 N–H and O–H groups in total. The molecule has 1 heterocycles. The second kappa shape index (κ2) is 4.36. The monoisotopic (exact) mass is 248 g/mol. The quantitative estimate of drug-likeness (QED) is 0.841. The lowest BCUT2D eigenvalue weighted by Gasteiger charge is -2.03. The Hall–Kier alpha value is -2.19. The lowest BCUT2D eigenvalue weighted by Crippen LogP contribution is -1.99. The minimum atomic E-state index is -0.524. The Bertz CT molecular complexity index is 621. The summed E-state index contributed by atoms with van der Waals surface area (Å²) in [6, 6.07) is 7.14. The maximum absolute atomic E-state index is 13.6. The summed E-state index contributed by atoms with van der Waals surface area (Å²) in [5.74, 6) is -0.378. The molecule has 4 nitrogen and oxygen atoms in total. The van der Waals surface area contributed by atoms with E-state index in [0.717, 1.165) is 0 Å². The largest absolute Gasteiger partial charge is 0.384 e. The van der Waals surface area contributed by atoms with Crippen LogP contribution < -0.4 is 5.73 Å². The Balaban J connectivity index is 2.64. The van der Waals surface area contributed by atoms with Crippen LogP contribution in [0.1, 0.15) is 5.69 Å². The number of benzene rings is 1. The average Bonchev–Trinajstić information content (AvgIpc) is 2.31. The van der Waals surface area contributed by atoms with E-state index < -0.39 is 5.82 Å². The SMILES string of the molecule is N#Cc1cc(N)nc(-c2cc(Cl)ccc2F)n1. The number of hydrogen-bond acceptors (Lipinski definition) is 4. The normalized spacial score (nSPS) is 9.94. The van der Waals surface area contributed by atoms with Crippen LogP contribution in [0.2, 0.25) is 5.02 Å². The van der Waals surface area contributed by atoms with Gasteiger partial charge in [0.25, 0.3) is 0 Å². The standard InChI is InChI=1S/C11H6ClFN4/c12-6-1-2-9(13)8(3-6)11-16-7(5-14)4-10(15)17-11/h1-4H,(H2,15,16,17). The van der Waals surface area contributed by atoms with Gasteiger partial charge in [0.15, 0.2) is 5.82 Å². The number of rotatable bonds is 1. The molecule has 6 heteroatoms. The highest BCUT2D eigenvalue weighted by molar-refractivity contribution is 6.30. The Kier molecular flexibility index (Phi) is 2.90. The molecule has 0 bridgehead atoms. The topological polar surface area (TPSA) is 75.6 Å². The molecular formula is C11H6ClFN4. The number of hydrogen-bond donors (Lipinski definition) is 1. The summed E-state index contributed by atoms with van der Waals surface area (Å²) >= 11 is 5.76. The van der Waals surface area contributed by atoms with Gasteiger partial charge in [0, 0.05) is 11.1 Å². The molecule has 0 spiro atoms. The van der Waals surface area contributed by atoms with Gasteiger partial charge in [0.2, 0.25) is 0 Å². The molecule has 1 aromatic carbocycles. The van der Waals surface area contributed by atoms with E-state index in [2.05, 4.69) is 9.97 Å². The van der Waals surface area contributed by atoms with E-state index in [0.29, 0.717) is 5.02 Å². The van der Waals surface area contributed by atoms with Gasteiger partial charge in [-0.3, -0.25) is 0 Å². The van der Waals surface area contributed by atoms with Crippen LogP contribution in [0.15, 0.2) is 24.3 Å². The first-order valence-corrected chi connectivity index (χ1v) is 4.98. The number of nitrogen functional groups attached to an aromatic ring is 1. The fraction of sp³-hybridized carbons (Fsp3) is 0. The van der Waals surface area contributed by atoms with E-state index in [1.807, 2.05) is 6.07 Å². The summed E-state index contributed by atoms with van der Waals surface area (Å²) in [7, 11) is 0. The predicted octanol–water partition coefficient (Wildman–Crippen LogP) is 2.39. The van der Waals surface area contributed by atoms with Crippen LogP contribution in [-0.2, 0) is 0 Å². The zero-order valence-electron chi connectivity index (χ0n) is 8.48. The van der Waals surface area contributed by atoms with Crippen molar-refractivity contribution in [3.05, 3.63) is 40.8 Å². The first kappa shape index (κ1) is 11.3. The van der Waals surface area contributed by atoms with Crippen molar-refractivity contribution in [3.63, 3.8) is 0 Å². The molecule has 0 radical (unpaired) electrons. The van der Waals surface area contributed by atoms with E-state index in [-0.39, 0.29) is 22.9 Å². The molecule has 0 aliphatic carbocycles. The fourth-order valence-corrected chi connectivity index (χ4v) is 1.48. The molecule has 0 unspecified atom stereocenters. The van der Waals surface area contributed by atoms with E-state index in [1.54, 1.807) is 0 Å². The summed E-state index contributed by atoms with van der Waals surface area (Å²) in [5.41, 5.74) is 5.69.